The van der Waals surface area contributed by atoms with Gasteiger partial charge in [-0.05, 0) is 25.1 Å². The van der Waals surface area contributed by atoms with Crippen LogP contribution in [0, 0.1) is 6.92 Å². The fourth-order valence-electron chi connectivity index (χ4n) is 1.83. The number of hydrogen-bond donors (Lipinski definition) is 2. The summed E-state index contributed by atoms with van der Waals surface area (Å²) in [7, 11) is -2.35. The van der Waals surface area contributed by atoms with Crippen molar-refractivity contribution in [2.24, 2.45) is 18.5 Å². The van der Waals surface area contributed by atoms with Crippen molar-refractivity contribution in [2.45, 2.75) is 24.3 Å². The van der Waals surface area contributed by atoms with Crippen molar-refractivity contribution in [3.63, 3.8) is 0 Å². The summed E-state index contributed by atoms with van der Waals surface area (Å²) >= 11 is 0. The number of benzene rings is 1. The SMILES string of the molecule is C[n+]1cccc(C[C@H](N)C(N)=O)c1.Cc1ccc(S(=O)(=O)[O-])cc1. The van der Waals surface area contributed by atoms with Crippen LogP contribution in [0.2, 0.25) is 0 Å². The molecule has 24 heavy (non-hydrogen) atoms. The zero-order chi connectivity index (χ0) is 18.3. The minimum absolute atomic E-state index is 0.178. The highest BCUT2D eigenvalue weighted by atomic mass is 32.2. The number of pyridine rings is 1. The van der Waals surface area contributed by atoms with Gasteiger partial charge < -0.3 is 16.0 Å². The highest BCUT2D eigenvalue weighted by Gasteiger charge is 2.11. The summed E-state index contributed by atoms with van der Waals surface area (Å²) < 4.78 is 33.1. The quantitative estimate of drug-likeness (QED) is 0.580. The Hall–Kier alpha value is -2.29. The molecule has 0 spiro atoms. The van der Waals surface area contributed by atoms with Gasteiger partial charge in [-0.3, -0.25) is 4.79 Å². The van der Waals surface area contributed by atoms with E-state index in [1.165, 1.54) is 12.1 Å². The molecular weight excluding hydrogens is 330 g/mol. The molecule has 0 aliphatic heterocycles. The van der Waals surface area contributed by atoms with Gasteiger partial charge in [-0.15, -0.1) is 0 Å². The van der Waals surface area contributed by atoms with Crippen molar-refractivity contribution < 1.29 is 22.3 Å². The summed E-state index contributed by atoms with van der Waals surface area (Å²) in [6.45, 7) is 1.82. The van der Waals surface area contributed by atoms with Gasteiger partial charge in [-0.2, -0.15) is 0 Å². The highest BCUT2D eigenvalue weighted by molar-refractivity contribution is 7.85. The third-order valence-electron chi connectivity index (χ3n) is 3.13. The molecule has 0 bridgehead atoms. The molecule has 8 heteroatoms. The van der Waals surface area contributed by atoms with Crippen LogP contribution in [0.5, 0.6) is 0 Å². The van der Waals surface area contributed by atoms with Crippen LogP contribution >= 0.6 is 0 Å². The molecule has 1 amide bonds. The summed E-state index contributed by atoms with van der Waals surface area (Å²) in [6.07, 6.45) is 4.33. The fourth-order valence-corrected chi connectivity index (χ4v) is 2.30. The minimum atomic E-state index is -4.27. The normalized spacial score (nSPS) is 12.0. The third kappa shape index (κ3) is 6.86. The van der Waals surface area contributed by atoms with E-state index in [0.29, 0.717) is 6.42 Å². The van der Waals surface area contributed by atoms with Crippen molar-refractivity contribution in [2.75, 3.05) is 0 Å². The van der Waals surface area contributed by atoms with E-state index < -0.39 is 22.1 Å². The van der Waals surface area contributed by atoms with Gasteiger partial charge >= 0.3 is 0 Å². The van der Waals surface area contributed by atoms with Crippen LogP contribution < -0.4 is 16.0 Å². The molecule has 2 aromatic rings. The number of amides is 1. The van der Waals surface area contributed by atoms with E-state index in [1.807, 2.05) is 43.1 Å². The van der Waals surface area contributed by atoms with Crippen molar-refractivity contribution in [1.29, 1.82) is 0 Å². The standard InChI is InChI=1S/C9H13N3O.C7H8O3S/c1-12-4-2-3-7(6-12)5-8(10)9(11)13;1-6-2-4-7(5-3-6)11(8,9)10/h2-4,6,8H,5,10H2,1H3,(H-,11,13);2-5H,1H3,(H,8,9,10)/t8-;/m0./s1. The molecule has 0 fully saturated rings. The van der Waals surface area contributed by atoms with Gasteiger partial charge in [0, 0.05) is 18.1 Å². The van der Waals surface area contributed by atoms with Crippen molar-refractivity contribution in [1.82, 2.24) is 0 Å². The van der Waals surface area contributed by atoms with Crippen LogP contribution in [-0.2, 0) is 28.4 Å². The largest absolute Gasteiger partial charge is 0.744 e. The van der Waals surface area contributed by atoms with Gasteiger partial charge in [0.1, 0.15) is 17.2 Å². The first-order valence-corrected chi connectivity index (χ1v) is 8.52. The molecule has 0 radical (unpaired) electrons. The number of hydrogen-bond acceptors (Lipinski definition) is 5. The average molecular weight is 351 g/mol. The monoisotopic (exact) mass is 351 g/mol. The summed E-state index contributed by atoms with van der Waals surface area (Å²) in [4.78, 5) is 10.5. The summed E-state index contributed by atoms with van der Waals surface area (Å²) in [5, 5.41) is 0. The first-order chi connectivity index (χ1) is 11.1. The van der Waals surface area contributed by atoms with E-state index in [4.69, 9.17) is 11.5 Å². The van der Waals surface area contributed by atoms with Gasteiger partial charge in [0.25, 0.3) is 0 Å². The lowest BCUT2D eigenvalue weighted by molar-refractivity contribution is -0.671. The van der Waals surface area contributed by atoms with Crippen LogP contribution in [0.15, 0.2) is 53.7 Å². The molecule has 4 N–H and O–H groups in total. The van der Waals surface area contributed by atoms with Gasteiger partial charge in [-0.25, -0.2) is 13.0 Å². The number of nitrogens with two attached hydrogens (primary N) is 2. The van der Waals surface area contributed by atoms with Crippen molar-refractivity contribution in [3.8, 4) is 0 Å². The van der Waals surface area contributed by atoms with E-state index in [1.54, 1.807) is 12.1 Å². The van der Waals surface area contributed by atoms with Crippen LogP contribution in [0.1, 0.15) is 11.1 Å². The molecular formula is C16H21N3O4S. The molecule has 1 heterocycles. The second-order valence-electron chi connectivity index (χ2n) is 5.36. The zero-order valence-electron chi connectivity index (χ0n) is 13.5. The number of carbonyl (C=O) groups is 1. The third-order valence-corrected chi connectivity index (χ3v) is 3.98. The number of carbonyl (C=O) groups excluding carboxylic acids is 1. The van der Waals surface area contributed by atoms with E-state index >= 15 is 0 Å². The average Bonchev–Trinajstić information content (AvgIpc) is 2.47. The Morgan fingerprint density at radius 1 is 1.25 bits per heavy atom. The maximum Gasteiger partial charge on any atom is 0.234 e. The molecule has 0 saturated heterocycles. The Morgan fingerprint density at radius 2 is 1.83 bits per heavy atom. The topological polar surface area (TPSA) is 130 Å². The molecule has 1 aromatic carbocycles. The van der Waals surface area contributed by atoms with E-state index in [0.717, 1.165) is 11.1 Å². The van der Waals surface area contributed by atoms with Crippen LogP contribution in [0.3, 0.4) is 0 Å². The highest BCUT2D eigenvalue weighted by Crippen LogP contribution is 2.08. The lowest BCUT2D eigenvalue weighted by Crippen LogP contribution is -2.38. The van der Waals surface area contributed by atoms with Crippen molar-refractivity contribution in [3.05, 3.63) is 59.9 Å². The molecule has 130 valence electrons. The number of rotatable bonds is 4. The van der Waals surface area contributed by atoms with Gasteiger partial charge in [0.05, 0.1) is 10.9 Å². The van der Waals surface area contributed by atoms with Crippen molar-refractivity contribution >= 4 is 16.0 Å². The summed E-state index contributed by atoms with van der Waals surface area (Å²) in [5.74, 6) is -0.466. The van der Waals surface area contributed by atoms with E-state index in [9.17, 15) is 17.8 Å². The Kier molecular flexibility index (Phi) is 7.02. The Balaban J connectivity index is 0.000000243. The smallest absolute Gasteiger partial charge is 0.234 e. The molecule has 0 unspecified atom stereocenters. The first-order valence-electron chi connectivity index (χ1n) is 7.11. The minimum Gasteiger partial charge on any atom is -0.744 e. The summed E-state index contributed by atoms with van der Waals surface area (Å²) in [6, 6.07) is 9.01. The molecule has 0 aliphatic rings. The van der Waals surface area contributed by atoms with Gasteiger partial charge in [0.15, 0.2) is 12.4 Å². The maximum absolute atomic E-state index is 10.7. The molecule has 0 aliphatic carbocycles. The fraction of sp³-hybridized carbons (Fsp3) is 0.250. The molecule has 1 aromatic heterocycles. The zero-order valence-corrected chi connectivity index (χ0v) is 14.4. The maximum atomic E-state index is 10.7. The second-order valence-corrected chi connectivity index (χ2v) is 6.74. The Morgan fingerprint density at radius 3 is 2.29 bits per heavy atom. The van der Waals surface area contributed by atoms with Gasteiger partial charge in [-0.1, -0.05) is 17.7 Å². The lowest BCUT2D eigenvalue weighted by Gasteiger charge is -2.05. The first kappa shape index (κ1) is 19.8. The predicted molar refractivity (Wildman–Crippen MR) is 87.6 cm³/mol. The Bertz CT molecular complexity index is 789. The second kappa shape index (κ2) is 8.53. The van der Waals surface area contributed by atoms with Gasteiger partial charge in [0.2, 0.25) is 5.91 Å². The van der Waals surface area contributed by atoms with Crippen LogP contribution in [0.25, 0.3) is 0 Å². The van der Waals surface area contributed by atoms with E-state index in [-0.39, 0.29) is 4.90 Å². The molecule has 2 rings (SSSR count). The lowest BCUT2D eigenvalue weighted by atomic mass is 10.1. The molecule has 0 saturated carbocycles. The summed E-state index contributed by atoms with van der Waals surface area (Å²) in [5.41, 5.74) is 12.5. The molecule has 7 nitrogen and oxygen atoms in total. The number of aromatic nitrogens is 1. The number of aryl methyl sites for hydroxylation is 2. The molecule has 1 atom stereocenters. The van der Waals surface area contributed by atoms with E-state index in [2.05, 4.69) is 0 Å². The predicted octanol–water partition coefficient (Wildman–Crippen LogP) is -0.235. The van der Waals surface area contributed by atoms with Crippen LogP contribution in [0.4, 0.5) is 0 Å². The number of nitrogens with zero attached hydrogens (tertiary/aromatic N) is 1. The Labute approximate surface area is 141 Å². The number of primary amides is 1. The van der Waals surface area contributed by atoms with Crippen LogP contribution in [-0.4, -0.2) is 24.9 Å².